The molecule has 1 unspecified atom stereocenters. The summed E-state index contributed by atoms with van der Waals surface area (Å²) >= 11 is 0. The summed E-state index contributed by atoms with van der Waals surface area (Å²) in [6.45, 7) is 5.45. The normalized spacial score (nSPS) is 11.5. The van der Waals surface area contributed by atoms with Crippen LogP contribution >= 0.6 is 24.0 Å². The van der Waals surface area contributed by atoms with Crippen molar-refractivity contribution in [2.75, 3.05) is 26.7 Å². The number of nitrogens with zero attached hydrogens (tertiary/aromatic N) is 1. The van der Waals surface area contributed by atoms with E-state index >= 15 is 0 Å². The Morgan fingerprint density at radius 1 is 1.03 bits per heavy atom. The minimum Gasteiger partial charge on any atom is -0.493 e. The number of amides is 2. The van der Waals surface area contributed by atoms with Crippen LogP contribution in [0.2, 0.25) is 0 Å². The fourth-order valence-electron chi connectivity index (χ4n) is 2.76. The van der Waals surface area contributed by atoms with E-state index in [9.17, 15) is 9.59 Å². The Bertz CT molecular complexity index is 921. The number of primary amides is 1. The second kappa shape index (κ2) is 14.9. The molecule has 0 aliphatic heterocycles. The molecular formula is C23H32IN5O4. The molecule has 2 rings (SSSR count). The summed E-state index contributed by atoms with van der Waals surface area (Å²) < 4.78 is 11.3. The van der Waals surface area contributed by atoms with E-state index in [1.54, 1.807) is 19.2 Å². The highest BCUT2D eigenvalue weighted by atomic mass is 127. The maximum atomic E-state index is 11.9. The van der Waals surface area contributed by atoms with Gasteiger partial charge in [-0.1, -0.05) is 24.3 Å². The highest BCUT2D eigenvalue weighted by Crippen LogP contribution is 2.26. The predicted octanol–water partition coefficient (Wildman–Crippen LogP) is 2.05. The van der Waals surface area contributed by atoms with Crippen molar-refractivity contribution in [3.05, 3.63) is 59.7 Å². The molecule has 2 aromatic carbocycles. The number of ether oxygens (including phenoxy) is 2. The molecular weight excluding hydrogens is 537 g/mol. The number of carbonyl (C=O) groups is 2. The van der Waals surface area contributed by atoms with Crippen LogP contribution in [0.4, 0.5) is 0 Å². The van der Waals surface area contributed by atoms with Gasteiger partial charge >= 0.3 is 0 Å². The third-order valence-electron chi connectivity index (χ3n) is 4.36. The summed E-state index contributed by atoms with van der Waals surface area (Å²) in [6.07, 6.45) is -0.117. The third kappa shape index (κ3) is 9.98. The lowest BCUT2D eigenvalue weighted by Gasteiger charge is -2.19. The summed E-state index contributed by atoms with van der Waals surface area (Å²) in [6, 6.07) is 14.5. The average Bonchev–Trinajstić information content (AvgIpc) is 2.80. The number of rotatable bonds is 11. The first-order chi connectivity index (χ1) is 15.4. The van der Waals surface area contributed by atoms with E-state index in [1.807, 2.05) is 50.2 Å². The number of guanidine groups is 1. The molecule has 0 aliphatic carbocycles. The monoisotopic (exact) mass is 569 g/mol. The summed E-state index contributed by atoms with van der Waals surface area (Å²) in [5, 5.41) is 8.93. The van der Waals surface area contributed by atoms with Gasteiger partial charge in [-0.3, -0.25) is 9.59 Å². The van der Waals surface area contributed by atoms with E-state index in [-0.39, 0.29) is 42.5 Å². The summed E-state index contributed by atoms with van der Waals surface area (Å²) in [5.41, 5.74) is 6.42. The van der Waals surface area contributed by atoms with Crippen LogP contribution < -0.4 is 31.2 Å². The number of carbonyl (C=O) groups excluding carboxylic acids is 2. The topological polar surface area (TPSA) is 127 Å². The van der Waals surface area contributed by atoms with Gasteiger partial charge in [0, 0.05) is 12.1 Å². The standard InChI is InChI=1S/C23H31N5O4.HI/c1-4-25-23(27-13-16(2)32-20-8-6-5-7-19(20)31-3)28-14-17-9-11-18(12-10-17)22(30)26-15-21(24)29;/h5-12,16H,4,13-15H2,1-3H3,(H2,24,29)(H,26,30)(H2,25,27,28);1H. The summed E-state index contributed by atoms with van der Waals surface area (Å²) in [4.78, 5) is 27.3. The number of para-hydroxylation sites is 2. The van der Waals surface area contributed by atoms with Crippen molar-refractivity contribution < 1.29 is 19.1 Å². The van der Waals surface area contributed by atoms with Gasteiger partial charge in [-0.2, -0.15) is 0 Å². The van der Waals surface area contributed by atoms with Gasteiger partial charge in [0.1, 0.15) is 6.10 Å². The number of nitrogens with two attached hydrogens (primary N) is 1. The molecule has 0 radical (unpaired) electrons. The number of aliphatic imine (C=N–C) groups is 1. The van der Waals surface area contributed by atoms with E-state index in [0.29, 0.717) is 42.7 Å². The molecule has 0 bridgehead atoms. The minimum atomic E-state index is -0.588. The van der Waals surface area contributed by atoms with Crippen molar-refractivity contribution in [3.8, 4) is 11.5 Å². The molecule has 9 nitrogen and oxygen atoms in total. The summed E-state index contributed by atoms with van der Waals surface area (Å²) in [5.74, 6) is 1.09. The van der Waals surface area contributed by atoms with E-state index < -0.39 is 5.91 Å². The molecule has 0 spiro atoms. The van der Waals surface area contributed by atoms with Crippen molar-refractivity contribution in [2.45, 2.75) is 26.5 Å². The van der Waals surface area contributed by atoms with Gasteiger partial charge < -0.3 is 31.2 Å². The highest BCUT2D eigenvalue weighted by Gasteiger charge is 2.10. The predicted molar refractivity (Wildman–Crippen MR) is 139 cm³/mol. The number of hydrogen-bond acceptors (Lipinski definition) is 5. The van der Waals surface area contributed by atoms with Crippen molar-refractivity contribution in [1.29, 1.82) is 0 Å². The lowest BCUT2D eigenvalue weighted by atomic mass is 10.1. The Balaban J connectivity index is 0.00000544. The number of methoxy groups -OCH3 is 1. The zero-order chi connectivity index (χ0) is 23.3. The van der Waals surface area contributed by atoms with Crippen LogP contribution in [0.5, 0.6) is 11.5 Å². The molecule has 2 aromatic rings. The molecule has 0 aliphatic rings. The third-order valence-corrected chi connectivity index (χ3v) is 4.36. The van der Waals surface area contributed by atoms with Crippen LogP contribution in [-0.2, 0) is 11.3 Å². The van der Waals surface area contributed by atoms with Crippen LogP contribution in [0.3, 0.4) is 0 Å². The van der Waals surface area contributed by atoms with Gasteiger partial charge in [-0.25, -0.2) is 4.99 Å². The van der Waals surface area contributed by atoms with E-state index in [1.165, 1.54) is 0 Å². The largest absolute Gasteiger partial charge is 0.493 e. The highest BCUT2D eigenvalue weighted by molar-refractivity contribution is 14.0. The van der Waals surface area contributed by atoms with Crippen LogP contribution in [0.25, 0.3) is 0 Å². The molecule has 33 heavy (non-hydrogen) atoms. The van der Waals surface area contributed by atoms with Crippen LogP contribution in [0, 0.1) is 0 Å². The molecule has 5 N–H and O–H groups in total. The van der Waals surface area contributed by atoms with Gasteiger partial charge in [0.25, 0.3) is 5.91 Å². The quantitative estimate of drug-likeness (QED) is 0.187. The minimum absolute atomic E-state index is 0. The fraction of sp³-hybridized carbons (Fsp3) is 0.348. The Morgan fingerprint density at radius 3 is 2.30 bits per heavy atom. The van der Waals surface area contributed by atoms with Crippen LogP contribution in [0.15, 0.2) is 53.5 Å². The number of hydrogen-bond donors (Lipinski definition) is 4. The fourth-order valence-corrected chi connectivity index (χ4v) is 2.76. The molecule has 180 valence electrons. The maximum Gasteiger partial charge on any atom is 0.251 e. The zero-order valence-electron chi connectivity index (χ0n) is 19.1. The lowest BCUT2D eigenvalue weighted by molar-refractivity contribution is -0.117. The number of benzene rings is 2. The first kappa shape index (κ1) is 28.0. The van der Waals surface area contributed by atoms with E-state index in [0.717, 1.165) is 5.56 Å². The lowest BCUT2D eigenvalue weighted by Crippen LogP contribution is -2.41. The zero-order valence-corrected chi connectivity index (χ0v) is 21.4. The first-order valence-electron chi connectivity index (χ1n) is 10.4. The van der Waals surface area contributed by atoms with Gasteiger partial charge in [0.15, 0.2) is 17.5 Å². The molecule has 10 heteroatoms. The Morgan fingerprint density at radius 2 is 1.70 bits per heavy atom. The molecule has 0 saturated heterocycles. The molecule has 0 heterocycles. The summed E-state index contributed by atoms with van der Waals surface area (Å²) in [7, 11) is 1.61. The van der Waals surface area contributed by atoms with Crippen molar-refractivity contribution in [3.63, 3.8) is 0 Å². The molecule has 2 amide bonds. The van der Waals surface area contributed by atoms with Crippen molar-refractivity contribution >= 4 is 41.8 Å². The SMILES string of the molecule is CCNC(=NCc1ccc(C(=O)NCC(N)=O)cc1)NCC(C)Oc1ccccc1OC.I. The second-order valence-electron chi connectivity index (χ2n) is 7.00. The number of nitrogens with one attached hydrogen (secondary N) is 3. The van der Waals surface area contributed by atoms with Crippen LogP contribution in [-0.4, -0.2) is 50.6 Å². The smallest absolute Gasteiger partial charge is 0.251 e. The Kier molecular flexibility index (Phi) is 12.7. The average molecular weight is 569 g/mol. The molecule has 0 saturated carbocycles. The van der Waals surface area contributed by atoms with Gasteiger partial charge in [0.2, 0.25) is 5.91 Å². The van der Waals surface area contributed by atoms with Gasteiger partial charge in [-0.05, 0) is 43.7 Å². The molecule has 0 aromatic heterocycles. The second-order valence-corrected chi connectivity index (χ2v) is 7.00. The Labute approximate surface area is 211 Å². The van der Waals surface area contributed by atoms with Crippen LogP contribution in [0.1, 0.15) is 29.8 Å². The van der Waals surface area contributed by atoms with Crippen molar-refractivity contribution in [2.24, 2.45) is 10.7 Å². The van der Waals surface area contributed by atoms with Gasteiger partial charge in [-0.15, -0.1) is 24.0 Å². The molecule has 1 atom stereocenters. The molecule has 0 fully saturated rings. The van der Waals surface area contributed by atoms with E-state index in [2.05, 4.69) is 20.9 Å². The number of halogens is 1. The Hall–Kier alpha value is -3.02. The van der Waals surface area contributed by atoms with E-state index in [4.69, 9.17) is 15.2 Å². The van der Waals surface area contributed by atoms with Gasteiger partial charge in [0.05, 0.1) is 26.7 Å². The first-order valence-corrected chi connectivity index (χ1v) is 10.4. The maximum absolute atomic E-state index is 11.9. The van der Waals surface area contributed by atoms with Crippen molar-refractivity contribution in [1.82, 2.24) is 16.0 Å².